The van der Waals surface area contributed by atoms with Gasteiger partial charge in [0.2, 0.25) is 17.7 Å². The molecule has 2 aliphatic rings. The number of likely N-dealkylation sites (tertiary alicyclic amines) is 2. The lowest BCUT2D eigenvalue weighted by atomic mass is 10.1. The maximum absolute atomic E-state index is 12.1. The molecule has 0 atom stereocenters. The molecule has 0 unspecified atom stereocenters. The Morgan fingerprint density at radius 2 is 1.48 bits per heavy atom. The average Bonchev–Trinajstić information content (AvgIpc) is 3.07. The van der Waals surface area contributed by atoms with Gasteiger partial charge in [0.1, 0.15) is 0 Å². The largest absolute Gasteiger partial charge is 0.342 e. The topological polar surface area (TPSA) is 81.8 Å². The lowest BCUT2D eigenvalue weighted by molar-refractivity contribution is -0.128. The number of anilines is 2. The second-order valence-electron chi connectivity index (χ2n) is 7.24. The van der Waals surface area contributed by atoms with Crippen LogP contribution in [-0.2, 0) is 14.4 Å². The van der Waals surface area contributed by atoms with Crippen LogP contribution in [0.1, 0.15) is 38.5 Å². The zero-order chi connectivity index (χ0) is 19.1. The molecule has 0 aliphatic carbocycles. The lowest BCUT2D eigenvalue weighted by Gasteiger charge is -2.25. The smallest absolute Gasteiger partial charge is 0.238 e. The zero-order valence-electron chi connectivity index (χ0n) is 15.7. The van der Waals surface area contributed by atoms with E-state index in [1.54, 1.807) is 29.2 Å². The van der Waals surface area contributed by atoms with Gasteiger partial charge < -0.3 is 15.5 Å². The second kappa shape index (κ2) is 9.50. The summed E-state index contributed by atoms with van der Waals surface area (Å²) in [5.41, 5.74) is 1.40. The van der Waals surface area contributed by atoms with Crippen molar-refractivity contribution in [2.75, 3.05) is 43.4 Å². The quantitative estimate of drug-likeness (QED) is 0.768. The second-order valence-corrected chi connectivity index (χ2v) is 7.24. The number of carbonyl (C=O) groups excluding carboxylic acids is 3. The summed E-state index contributed by atoms with van der Waals surface area (Å²) in [6.45, 7) is 3.61. The van der Waals surface area contributed by atoms with Crippen molar-refractivity contribution in [3.63, 3.8) is 0 Å². The van der Waals surface area contributed by atoms with E-state index in [-0.39, 0.29) is 17.7 Å². The van der Waals surface area contributed by atoms with E-state index in [0.717, 1.165) is 44.6 Å². The fourth-order valence-electron chi connectivity index (χ4n) is 3.56. The van der Waals surface area contributed by atoms with Crippen LogP contribution in [0.5, 0.6) is 0 Å². The van der Waals surface area contributed by atoms with Crippen molar-refractivity contribution < 1.29 is 14.4 Å². The summed E-state index contributed by atoms with van der Waals surface area (Å²) < 4.78 is 0. The third-order valence-corrected chi connectivity index (χ3v) is 5.05. The SMILES string of the molecule is O=C(CCN1CCCC1=O)Nc1ccc(NC(=O)CN2CCCCC2)cc1. The fourth-order valence-corrected chi connectivity index (χ4v) is 3.56. The molecule has 146 valence electrons. The summed E-state index contributed by atoms with van der Waals surface area (Å²) >= 11 is 0. The Morgan fingerprint density at radius 1 is 0.852 bits per heavy atom. The highest BCUT2D eigenvalue weighted by Gasteiger charge is 2.20. The number of benzene rings is 1. The highest BCUT2D eigenvalue weighted by molar-refractivity contribution is 5.94. The van der Waals surface area contributed by atoms with E-state index in [4.69, 9.17) is 0 Å². The molecule has 2 heterocycles. The highest BCUT2D eigenvalue weighted by Crippen LogP contribution is 2.15. The Balaban J connectivity index is 1.40. The molecule has 7 heteroatoms. The molecule has 7 nitrogen and oxygen atoms in total. The molecule has 0 spiro atoms. The standard InChI is InChI=1S/C20H28N4O3/c25-18(10-14-24-13-4-5-20(24)27)21-16-6-8-17(9-7-16)22-19(26)15-23-11-2-1-3-12-23/h6-9H,1-5,10-15H2,(H,21,25)(H,22,26). The number of nitrogens with zero attached hydrogens (tertiary/aromatic N) is 2. The predicted octanol–water partition coefficient (Wildman–Crippen LogP) is 2.06. The summed E-state index contributed by atoms with van der Waals surface area (Å²) in [7, 11) is 0. The number of amides is 3. The van der Waals surface area contributed by atoms with Gasteiger partial charge >= 0.3 is 0 Å². The number of carbonyl (C=O) groups is 3. The van der Waals surface area contributed by atoms with Crippen LogP contribution in [0.4, 0.5) is 11.4 Å². The first-order valence-corrected chi connectivity index (χ1v) is 9.80. The summed E-state index contributed by atoms with van der Waals surface area (Å²) in [5.74, 6) is 0.00741. The first-order valence-electron chi connectivity index (χ1n) is 9.80. The van der Waals surface area contributed by atoms with Crippen LogP contribution in [0.15, 0.2) is 24.3 Å². The molecule has 0 saturated carbocycles. The summed E-state index contributed by atoms with van der Waals surface area (Å²) in [5, 5.41) is 5.73. The van der Waals surface area contributed by atoms with Gasteiger partial charge in [-0.15, -0.1) is 0 Å². The molecule has 1 aromatic carbocycles. The van der Waals surface area contributed by atoms with E-state index >= 15 is 0 Å². The molecule has 3 amide bonds. The van der Waals surface area contributed by atoms with E-state index in [1.807, 2.05) is 0 Å². The van der Waals surface area contributed by atoms with Gasteiger partial charge in [0.25, 0.3) is 0 Å². The van der Waals surface area contributed by atoms with Crippen LogP contribution in [-0.4, -0.2) is 60.2 Å². The third-order valence-electron chi connectivity index (χ3n) is 5.05. The number of rotatable bonds is 7. The van der Waals surface area contributed by atoms with Crippen LogP contribution >= 0.6 is 0 Å². The summed E-state index contributed by atoms with van der Waals surface area (Å²) in [6, 6.07) is 7.12. The van der Waals surface area contributed by atoms with E-state index < -0.39 is 0 Å². The van der Waals surface area contributed by atoms with Crippen molar-refractivity contribution in [2.45, 2.75) is 38.5 Å². The average molecular weight is 372 g/mol. The molecule has 3 rings (SSSR count). The van der Waals surface area contributed by atoms with Crippen molar-refractivity contribution in [3.8, 4) is 0 Å². The molecule has 27 heavy (non-hydrogen) atoms. The van der Waals surface area contributed by atoms with Crippen molar-refractivity contribution in [2.24, 2.45) is 0 Å². The Kier molecular flexibility index (Phi) is 6.81. The lowest BCUT2D eigenvalue weighted by Crippen LogP contribution is -2.36. The van der Waals surface area contributed by atoms with Crippen LogP contribution in [0, 0.1) is 0 Å². The Labute approximate surface area is 160 Å². The first-order chi connectivity index (χ1) is 13.1. The number of piperidine rings is 1. The summed E-state index contributed by atoms with van der Waals surface area (Å²) in [4.78, 5) is 39.6. The van der Waals surface area contributed by atoms with E-state index in [1.165, 1.54) is 6.42 Å². The molecule has 0 aromatic heterocycles. The van der Waals surface area contributed by atoms with Crippen molar-refractivity contribution in [3.05, 3.63) is 24.3 Å². The molecule has 0 radical (unpaired) electrons. The molecular formula is C20H28N4O3. The fraction of sp³-hybridized carbons (Fsp3) is 0.550. The molecule has 2 saturated heterocycles. The van der Waals surface area contributed by atoms with E-state index in [9.17, 15) is 14.4 Å². The first kappa shape index (κ1) is 19.4. The normalized spacial score (nSPS) is 17.8. The third kappa shape index (κ3) is 6.06. The van der Waals surface area contributed by atoms with Gasteiger partial charge in [-0.2, -0.15) is 0 Å². The Hall–Kier alpha value is -2.41. The number of hydrogen-bond donors (Lipinski definition) is 2. The highest BCUT2D eigenvalue weighted by atomic mass is 16.2. The van der Waals surface area contributed by atoms with Crippen LogP contribution in [0.3, 0.4) is 0 Å². The van der Waals surface area contributed by atoms with Gasteiger partial charge in [-0.3, -0.25) is 19.3 Å². The monoisotopic (exact) mass is 372 g/mol. The molecule has 2 fully saturated rings. The van der Waals surface area contributed by atoms with Gasteiger partial charge in [0.15, 0.2) is 0 Å². The number of hydrogen-bond acceptors (Lipinski definition) is 4. The maximum Gasteiger partial charge on any atom is 0.238 e. The number of nitrogens with one attached hydrogen (secondary N) is 2. The van der Waals surface area contributed by atoms with Crippen molar-refractivity contribution in [1.29, 1.82) is 0 Å². The van der Waals surface area contributed by atoms with Crippen molar-refractivity contribution in [1.82, 2.24) is 9.80 Å². The van der Waals surface area contributed by atoms with Crippen LogP contribution in [0.25, 0.3) is 0 Å². The minimum atomic E-state index is -0.114. The van der Waals surface area contributed by atoms with Gasteiger partial charge in [-0.1, -0.05) is 6.42 Å². The van der Waals surface area contributed by atoms with Gasteiger partial charge in [0, 0.05) is 37.3 Å². The maximum atomic E-state index is 12.1. The van der Waals surface area contributed by atoms with Gasteiger partial charge in [-0.05, 0) is 56.6 Å². The van der Waals surface area contributed by atoms with E-state index in [0.29, 0.717) is 31.6 Å². The van der Waals surface area contributed by atoms with E-state index in [2.05, 4.69) is 15.5 Å². The molecule has 1 aromatic rings. The minimum Gasteiger partial charge on any atom is -0.342 e. The minimum absolute atomic E-state index is 0.0102. The predicted molar refractivity (Wildman–Crippen MR) is 104 cm³/mol. The zero-order valence-corrected chi connectivity index (χ0v) is 15.7. The molecule has 2 N–H and O–H groups in total. The summed E-state index contributed by atoms with van der Waals surface area (Å²) in [6.07, 6.45) is 5.33. The van der Waals surface area contributed by atoms with Gasteiger partial charge in [-0.25, -0.2) is 0 Å². The molecule has 2 aliphatic heterocycles. The molecule has 0 bridgehead atoms. The van der Waals surface area contributed by atoms with Gasteiger partial charge in [0.05, 0.1) is 6.54 Å². The van der Waals surface area contributed by atoms with Crippen LogP contribution in [0.2, 0.25) is 0 Å². The Bertz CT molecular complexity index is 668. The molecular weight excluding hydrogens is 344 g/mol. The van der Waals surface area contributed by atoms with Crippen LogP contribution < -0.4 is 10.6 Å². The Morgan fingerprint density at radius 3 is 2.07 bits per heavy atom. The van der Waals surface area contributed by atoms with Crippen molar-refractivity contribution >= 4 is 29.1 Å².